The Bertz CT molecular complexity index is 528. The summed E-state index contributed by atoms with van der Waals surface area (Å²) >= 11 is 0. The highest BCUT2D eigenvalue weighted by Crippen LogP contribution is 2.29. The van der Waals surface area contributed by atoms with Crippen LogP contribution in [0.2, 0.25) is 0 Å². The number of unbranched alkanes of at least 4 members (excludes halogenated alkanes) is 2. The third-order valence-corrected chi connectivity index (χ3v) is 4.71. The third kappa shape index (κ3) is 5.23. The first-order chi connectivity index (χ1) is 11.4. The van der Waals surface area contributed by atoms with Gasteiger partial charge in [0.15, 0.2) is 0 Å². The molecule has 0 spiro atoms. The van der Waals surface area contributed by atoms with Crippen LogP contribution in [0, 0.1) is 0 Å². The van der Waals surface area contributed by atoms with Crippen LogP contribution in [0.4, 0.5) is 10.5 Å². The number of carbonyl (C=O) groups excluding carboxylic acids is 1. The highest BCUT2D eigenvalue weighted by molar-refractivity contribution is 5.90. The molecular formula is C20H33N3O. The van der Waals surface area contributed by atoms with E-state index in [9.17, 15) is 4.79 Å². The van der Waals surface area contributed by atoms with E-state index in [2.05, 4.69) is 44.0 Å². The number of rotatable bonds is 5. The molecule has 2 rings (SSSR count). The molecule has 1 aromatic carbocycles. The number of para-hydroxylation sites is 1. The van der Waals surface area contributed by atoms with Gasteiger partial charge in [0.25, 0.3) is 0 Å². The van der Waals surface area contributed by atoms with Gasteiger partial charge in [0.2, 0.25) is 0 Å². The second-order valence-corrected chi connectivity index (χ2v) is 7.76. The summed E-state index contributed by atoms with van der Waals surface area (Å²) in [5.41, 5.74) is 2.12. The van der Waals surface area contributed by atoms with E-state index in [-0.39, 0.29) is 11.4 Å². The van der Waals surface area contributed by atoms with Gasteiger partial charge >= 0.3 is 6.03 Å². The lowest BCUT2D eigenvalue weighted by atomic mass is 9.86. The summed E-state index contributed by atoms with van der Waals surface area (Å²) in [5.74, 6) is 0. The molecule has 1 N–H and O–H groups in total. The number of nitrogens with zero attached hydrogens (tertiary/aromatic N) is 2. The Morgan fingerprint density at radius 1 is 1.08 bits per heavy atom. The molecule has 2 amide bonds. The highest BCUT2D eigenvalue weighted by Gasteiger charge is 2.23. The zero-order valence-electron chi connectivity index (χ0n) is 15.8. The SMILES string of the molecule is CCCCCN1CCN(C(=O)Nc2ccccc2C(C)(C)C)CC1. The molecule has 0 aliphatic carbocycles. The van der Waals surface area contributed by atoms with Crippen LogP contribution in [-0.2, 0) is 5.41 Å². The van der Waals surface area contributed by atoms with Gasteiger partial charge in [-0.1, -0.05) is 58.7 Å². The summed E-state index contributed by atoms with van der Waals surface area (Å²) in [6, 6.07) is 8.14. The molecule has 1 saturated heterocycles. The molecule has 0 bridgehead atoms. The number of hydrogen-bond donors (Lipinski definition) is 1. The molecule has 0 unspecified atom stereocenters. The maximum atomic E-state index is 12.6. The molecule has 1 fully saturated rings. The van der Waals surface area contributed by atoms with Crippen LogP contribution in [0.5, 0.6) is 0 Å². The van der Waals surface area contributed by atoms with E-state index in [0.717, 1.165) is 38.4 Å². The molecule has 1 aromatic rings. The Morgan fingerprint density at radius 3 is 2.38 bits per heavy atom. The second kappa shape index (κ2) is 8.52. The number of amides is 2. The van der Waals surface area contributed by atoms with Crippen LogP contribution in [0.25, 0.3) is 0 Å². The predicted molar refractivity (Wildman–Crippen MR) is 102 cm³/mol. The summed E-state index contributed by atoms with van der Waals surface area (Å²) in [4.78, 5) is 17.0. The Balaban J connectivity index is 1.89. The van der Waals surface area contributed by atoms with Crippen LogP contribution < -0.4 is 5.32 Å². The van der Waals surface area contributed by atoms with Gasteiger partial charge in [0.1, 0.15) is 0 Å². The van der Waals surface area contributed by atoms with E-state index in [0.29, 0.717) is 0 Å². The van der Waals surface area contributed by atoms with Crippen LogP contribution >= 0.6 is 0 Å². The van der Waals surface area contributed by atoms with Gasteiger partial charge in [-0.2, -0.15) is 0 Å². The normalized spacial score (nSPS) is 16.2. The Hall–Kier alpha value is -1.55. The van der Waals surface area contributed by atoms with E-state index in [1.165, 1.54) is 24.8 Å². The fourth-order valence-corrected chi connectivity index (χ4v) is 3.20. The minimum Gasteiger partial charge on any atom is -0.322 e. The zero-order chi connectivity index (χ0) is 17.6. The van der Waals surface area contributed by atoms with Crippen molar-refractivity contribution in [3.63, 3.8) is 0 Å². The number of piperazine rings is 1. The molecule has 1 aliphatic heterocycles. The van der Waals surface area contributed by atoms with Crippen molar-refractivity contribution in [3.8, 4) is 0 Å². The summed E-state index contributed by atoms with van der Waals surface area (Å²) in [5, 5.41) is 3.12. The van der Waals surface area contributed by atoms with Gasteiger partial charge in [-0.25, -0.2) is 4.79 Å². The van der Waals surface area contributed by atoms with E-state index >= 15 is 0 Å². The molecule has 0 atom stereocenters. The molecule has 0 saturated carbocycles. The van der Waals surface area contributed by atoms with Crippen LogP contribution in [0.1, 0.15) is 52.5 Å². The van der Waals surface area contributed by atoms with Gasteiger partial charge in [0.05, 0.1) is 0 Å². The first kappa shape index (κ1) is 18.8. The van der Waals surface area contributed by atoms with Crippen molar-refractivity contribution in [2.75, 3.05) is 38.0 Å². The zero-order valence-corrected chi connectivity index (χ0v) is 15.8. The molecular weight excluding hydrogens is 298 g/mol. The van der Waals surface area contributed by atoms with Gasteiger partial charge in [0, 0.05) is 31.9 Å². The van der Waals surface area contributed by atoms with E-state index < -0.39 is 0 Å². The standard InChI is InChI=1S/C20H33N3O/c1-5-6-9-12-22-13-15-23(16-14-22)19(24)21-18-11-8-7-10-17(18)20(2,3)4/h7-8,10-11H,5-6,9,12-16H2,1-4H3,(H,21,24). The quantitative estimate of drug-likeness (QED) is 0.815. The second-order valence-electron chi connectivity index (χ2n) is 7.76. The Kier molecular flexibility index (Phi) is 6.67. The van der Waals surface area contributed by atoms with Crippen molar-refractivity contribution in [1.29, 1.82) is 0 Å². The highest BCUT2D eigenvalue weighted by atomic mass is 16.2. The Morgan fingerprint density at radius 2 is 1.75 bits per heavy atom. The van der Waals surface area contributed by atoms with E-state index in [1.54, 1.807) is 0 Å². The Labute approximate surface area is 147 Å². The summed E-state index contributed by atoms with van der Waals surface area (Å²) in [6.07, 6.45) is 3.82. The molecule has 1 aliphatic rings. The van der Waals surface area contributed by atoms with Crippen molar-refractivity contribution < 1.29 is 4.79 Å². The first-order valence-corrected chi connectivity index (χ1v) is 9.29. The summed E-state index contributed by atoms with van der Waals surface area (Å²) < 4.78 is 0. The van der Waals surface area contributed by atoms with Crippen molar-refractivity contribution in [3.05, 3.63) is 29.8 Å². The minimum absolute atomic E-state index is 0.0157. The minimum atomic E-state index is 0.0157. The lowest BCUT2D eigenvalue weighted by Gasteiger charge is -2.35. The molecule has 24 heavy (non-hydrogen) atoms. The van der Waals surface area contributed by atoms with Crippen molar-refractivity contribution >= 4 is 11.7 Å². The largest absolute Gasteiger partial charge is 0.322 e. The van der Waals surface area contributed by atoms with Crippen molar-refractivity contribution in [1.82, 2.24) is 9.80 Å². The topological polar surface area (TPSA) is 35.6 Å². The predicted octanol–water partition coefficient (Wildman–Crippen LogP) is 4.32. The van der Waals surface area contributed by atoms with Crippen molar-refractivity contribution in [2.45, 2.75) is 52.4 Å². The van der Waals surface area contributed by atoms with Crippen LogP contribution in [0.15, 0.2) is 24.3 Å². The maximum Gasteiger partial charge on any atom is 0.321 e. The fourth-order valence-electron chi connectivity index (χ4n) is 3.20. The average Bonchev–Trinajstić information content (AvgIpc) is 2.55. The number of nitrogens with one attached hydrogen (secondary N) is 1. The van der Waals surface area contributed by atoms with Crippen molar-refractivity contribution in [2.24, 2.45) is 0 Å². The number of anilines is 1. The molecule has 134 valence electrons. The molecule has 4 nitrogen and oxygen atoms in total. The summed E-state index contributed by atoms with van der Waals surface area (Å²) in [6.45, 7) is 13.5. The summed E-state index contributed by atoms with van der Waals surface area (Å²) in [7, 11) is 0. The number of benzene rings is 1. The molecule has 4 heteroatoms. The van der Waals surface area contributed by atoms with Gasteiger partial charge in [-0.3, -0.25) is 4.90 Å². The lowest BCUT2D eigenvalue weighted by Crippen LogP contribution is -2.50. The van der Waals surface area contributed by atoms with Gasteiger partial charge in [-0.15, -0.1) is 0 Å². The third-order valence-electron chi connectivity index (χ3n) is 4.71. The van der Waals surface area contributed by atoms with E-state index in [1.807, 2.05) is 23.1 Å². The smallest absolute Gasteiger partial charge is 0.321 e. The fraction of sp³-hybridized carbons (Fsp3) is 0.650. The monoisotopic (exact) mass is 331 g/mol. The maximum absolute atomic E-state index is 12.6. The number of carbonyl (C=O) groups is 1. The van der Waals surface area contributed by atoms with Crippen LogP contribution in [-0.4, -0.2) is 48.6 Å². The molecule has 0 radical (unpaired) electrons. The number of hydrogen-bond acceptors (Lipinski definition) is 2. The van der Waals surface area contributed by atoms with Crippen LogP contribution in [0.3, 0.4) is 0 Å². The van der Waals surface area contributed by atoms with Gasteiger partial charge < -0.3 is 10.2 Å². The first-order valence-electron chi connectivity index (χ1n) is 9.29. The average molecular weight is 332 g/mol. The molecule has 0 aromatic heterocycles. The van der Waals surface area contributed by atoms with E-state index in [4.69, 9.17) is 0 Å². The lowest BCUT2D eigenvalue weighted by molar-refractivity contribution is 0.146. The van der Waals surface area contributed by atoms with Gasteiger partial charge in [-0.05, 0) is 30.0 Å². The number of urea groups is 1. The molecule has 1 heterocycles.